The van der Waals surface area contributed by atoms with E-state index in [9.17, 15) is 0 Å². The highest BCUT2D eigenvalue weighted by Crippen LogP contribution is 1.97. The summed E-state index contributed by atoms with van der Waals surface area (Å²) < 4.78 is 0. The summed E-state index contributed by atoms with van der Waals surface area (Å²) in [4.78, 5) is 0. The lowest BCUT2D eigenvalue weighted by Gasteiger charge is -2.08. The van der Waals surface area contributed by atoms with Crippen molar-refractivity contribution in [1.29, 1.82) is 0 Å². The summed E-state index contributed by atoms with van der Waals surface area (Å²) in [5, 5.41) is 17.0. The van der Waals surface area contributed by atoms with Crippen LogP contribution in [0.1, 0.15) is 13.8 Å². The molecule has 0 bridgehead atoms. The fraction of sp³-hybridized carbons (Fsp3) is 1.00. The van der Waals surface area contributed by atoms with E-state index in [4.69, 9.17) is 10.2 Å². The zero-order chi connectivity index (χ0) is 5.86. The monoisotopic (exact) mass is 104 g/mol. The Bertz CT molecular complexity index is 43.3. The summed E-state index contributed by atoms with van der Waals surface area (Å²) in [6, 6.07) is 0. The second-order valence-electron chi connectivity index (χ2n) is 1.90. The highest BCUT2D eigenvalue weighted by Gasteiger charge is 2.04. The van der Waals surface area contributed by atoms with E-state index in [1.54, 1.807) is 13.8 Å². The SMILES string of the molecule is C[C@H](O)[C@@H](C)CO. The van der Waals surface area contributed by atoms with E-state index >= 15 is 0 Å². The van der Waals surface area contributed by atoms with Gasteiger partial charge in [-0.25, -0.2) is 0 Å². The zero-order valence-corrected chi connectivity index (χ0v) is 4.76. The lowest BCUT2D eigenvalue weighted by Crippen LogP contribution is -2.16. The maximum Gasteiger partial charge on any atom is 0.0559 e. The van der Waals surface area contributed by atoms with E-state index in [1.807, 2.05) is 0 Å². The molecule has 44 valence electrons. The van der Waals surface area contributed by atoms with Crippen molar-refractivity contribution in [2.45, 2.75) is 20.0 Å². The summed E-state index contributed by atoms with van der Waals surface area (Å²) in [5.41, 5.74) is 0. The van der Waals surface area contributed by atoms with Crippen LogP contribution in [0.4, 0.5) is 0 Å². The molecule has 0 unspecified atom stereocenters. The van der Waals surface area contributed by atoms with E-state index in [0.29, 0.717) is 0 Å². The van der Waals surface area contributed by atoms with Gasteiger partial charge in [0.2, 0.25) is 0 Å². The molecule has 2 N–H and O–H groups in total. The molecule has 0 fully saturated rings. The van der Waals surface area contributed by atoms with Gasteiger partial charge in [0.25, 0.3) is 0 Å². The molecule has 0 aromatic rings. The van der Waals surface area contributed by atoms with Gasteiger partial charge in [-0.3, -0.25) is 0 Å². The van der Waals surface area contributed by atoms with E-state index in [2.05, 4.69) is 0 Å². The Morgan fingerprint density at radius 3 is 1.86 bits per heavy atom. The van der Waals surface area contributed by atoms with Crippen molar-refractivity contribution in [3.63, 3.8) is 0 Å². The van der Waals surface area contributed by atoms with Crippen LogP contribution in [0.5, 0.6) is 0 Å². The lowest BCUT2D eigenvalue weighted by atomic mass is 10.1. The van der Waals surface area contributed by atoms with E-state index in [1.165, 1.54) is 0 Å². The number of hydrogen-bond acceptors (Lipinski definition) is 2. The molecule has 2 heteroatoms. The van der Waals surface area contributed by atoms with Crippen molar-refractivity contribution in [1.82, 2.24) is 0 Å². The van der Waals surface area contributed by atoms with Gasteiger partial charge in [0.05, 0.1) is 6.10 Å². The van der Waals surface area contributed by atoms with Gasteiger partial charge in [-0.2, -0.15) is 0 Å². The Morgan fingerprint density at radius 1 is 1.43 bits per heavy atom. The first-order chi connectivity index (χ1) is 3.18. The molecule has 0 saturated heterocycles. The molecule has 0 aromatic carbocycles. The van der Waals surface area contributed by atoms with Gasteiger partial charge in [-0.1, -0.05) is 6.92 Å². The lowest BCUT2D eigenvalue weighted by molar-refractivity contribution is 0.0913. The first-order valence-electron chi connectivity index (χ1n) is 2.47. The van der Waals surface area contributed by atoms with Crippen LogP contribution in [0, 0.1) is 5.92 Å². The minimum Gasteiger partial charge on any atom is -0.396 e. The molecule has 0 aliphatic heterocycles. The molecule has 0 saturated carbocycles. The fourth-order valence-corrected chi connectivity index (χ4v) is 0.153. The zero-order valence-electron chi connectivity index (χ0n) is 4.76. The second-order valence-corrected chi connectivity index (χ2v) is 1.90. The van der Waals surface area contributed by atoms with Crippen molar-refractivity contribution < 1.29 is 10.2 Å². The van der Waals surface area contributed by atoms with Gasteiger partial charge in [-0.05, 0) is 6.92 Å². The molecule has 0 spiro atoms. The minimum atomic E-state index is -0.384. The molecule has 2 nitrogen and oxygen atoms in total. The topological polar surface area (TPSA) is 40.5 Å². The van der Waals surface area contributed by atoms with Gasteiger partial charge in [0.1, 0.15) is 0 Å². The second kappa shape index (κ2) is 2.99. The van der Waals surface area contributed by atoms with Crippen molar-refractivity contribution in [3.8, 4) is 0 Å². The van der Waals surface area contributed by atoms with E-state index in [0.717, 1.165) is 0 Å². The van der Waals surface area contributed by atoms with Crippen LogP contribution in [-0.2, 0) is 0 Å². The highest BCUT2D eigenvalue weighted by atomic mass is 16.3. The first-order valence-corrected chi connectivity index (χ1v) is 2.47. The molecular formula is C5H12O2. The summed E-state index contributed by atoms with van der Waals surface area (Å²) in [6.45, 7) is 3.53. The third kappa shape index (κ3) is 2.60. The predicted octanol–water partition coefficient (Wildman–Crippen LogP) is -0.00440. The third-order valence-corrected chi connectivity index (χ3v) is 1.11. The fourth-order valence-electron chi connectivity index (χ4n) is 0.153. The van der Waals surface area contributed by atoms with Crippen LogP contribution in [0.15, 0.2) is 0 Å². The standard InChI is InChI=1S/C5H12O2/c1-4(3-6)5(2)7/h4-7H,3H2,1-2H3/t4-,5-/m0/s1. The van der Waals surface area contributed by atoms with Gasteiger partial charge in [0.15, 0.2) is 0 Å². The van der Waals surface area contributed by atoms with Crippen LogP contribution in [-0.4, -0.2) is 22.9 Å². The number of rotatable bonds is 2. The Labute approximate surface area is 43.8 Å². The smallest absolute Gasteiger partial charge is 0.0559 e. The van der Waals surface area contributed by atoms with Gasteiger partial charge in [0, 0.05) is 12.5 Å². The molecule has 0 radical (unpaired) electrons. The summed E-state index contributed by atoms with van der Waals surface area (Å²) in [6.07, 6.45) is -0.384. The van der Waals surface area contributed by atoms with E-state index in [-0.39, 0.29) is 18.6 Å². The summed E-state index contributed by atoms with van der Waals surface area (Å²) in [5.74, 6) is 0.0139. The van der Waals surface area contributed by atoms with Crippen molar-refractivity contribution in [3.05, 3.63) is 0 Å². The Balaban J connectivity index is 3.14. The molecule has 0 aliphatic carbocycles. The highest BCUT2D eigenvalue weighted by molar-refractivity contribution is 4.54. The van der Waals surface area contributed by atoms with Gasteiger partial charge in [-0.15, -0.1) is 0 Å². The molecule has 0 heterocycles. The molecular weight excluding hydrogens is 92.1 g/mol. The molecule has 0 rings (SSSR count). The largest absolute Gasteiger partial charge is 0.396 e. The first kappa shape index (κ1) is 6.92. The van der Waals surface area contributed by atoms with Crippen molar-refractivity contribution >= 4 is 0 Å². The normalized spacial score (nSPS) is 18.9. The average molecular weight is 104 g/mol. The average Bonchev–Trinajstić information content (AvgIpc) is 1.65. The predicted molar refractivity (Wildman–Crippen MR) is 27.9 cm³/mol. The quantitative estimate of drug-likeness (QED) is 0.517. The molecule has 2 atom stereocenters. The van der Waals surface area contributed by atoms with Crippen LogP contribution in [0.2, 0.25) is 0 Å². The molecule has 0 amide bonds. The van der Waals surface area contributed by atoms with Crippen LogP contribution < -0.4 is 0 Å². The Hall–Kier alpha value is -0.0800. The molecule has 0 aromatic heterocycles. The molecule has 0 aliphatic rings. The number of hydrogen-bond donors (Lipinski definition) is 2. The summed E-state index contributed by atoms with van der Waals surface area (Å²) >= 11 is 0. The maximum atomic E-state index is 8.66. The number of aliphatic hydroxyl groups is 2. The van der Waals surface area contributed by atoms with Crippen LogP contribution >= 0.6 is 0 Å². The van der Waals surface area contributed by atoms with Crippen LogP contribution in [0.25, 0.3) is 0 Å². The van der Waals surface area contributed by atoms with Gasteiger partial charge >= 0.3 is 0 Å². The maximum absolute atomic E-state index is 8.66. The minimum absolute atomic E-state index is 0.0139. The van der Waals surface area contributed by atoms with Crippen molar-refractivity contribution in [2.24, 2.45) is 5.92 Å². The summed E-state index contributed by atoms with van der Waals surface area (Å²) in [7, 11) is 0. The number of aliphatic hydroxyl groups excluding tert-OH is 2. The van der Waals surface area contributed by atoms with Crippen molar-refractivity contribution in [2.75, 3.05) is 6.61 Å². The molecule has 7 heavy (non-hydrogen) atoms. The Kier molecular flexibility index (Phi) is 2.96. The Morgan fingerprint density at radius 2 is 1.86 bits per heavy atom. The van der Waals surface area contributed by atoms with Crippen LogP contribution in [0.3, 0.4) is 0 Å². The third-order valence-electron chi connectivity index (χ3n) is 1.11. The van der Waals surface area contributed by atoms with Gasteiger partial charge < -0.3 is 10.2 Å². The van der Waals surface area contributed by atoms with E-state index < -0.39 is 0 Å².